The van der Waals surface area contributed by atoms with Crippen molar-refractivity contribution >= 4 is 84.1 Å². The van der Waals surface area contributed by atoms with Gasteiger partial charge in [-0.1, -0.05) is 49.0 Å². The zero-order valence-electron chi connectivity index (χ0n) is 76.5. The van der Waals surface area contributed by atoms with Gasteiger partial charge in [0, 0.05) is 108 Å². The number of fused-ring (bicyclic) bond motifs is 5. The summed E-state index contributed by atoms with van der Waals surface area (Å²) in [5.74, 6) is 8.24. The molecular formula is C95H123N13O20SSi2. The Morgan fingerprint density at radius 3 is 1.22 bits per heavy atom. The Morgan fingerprint density at radius 1 is 0.458 bits per heavy atom. The van der Waals surface area contributed by atoms with Gasteiger partial charge < -0.3 is 106 Å². The minimum atomic E-state index is -3.44. The van der Waals surface area contributed by atoms with Crippen LogP contribution in [0.3, 0.4) is 0 Å². The first-order chi connectivity index (χ1) is 62.1. The summed E-state index contributed by atoms with van der Waals surface area (Å²) in [5, 5.41) is 53.5. The number of ether oxygens (including phenoxy) is 11. The van der Waals surface area contributed by atoms with E-state index >= 15 is 0 Å². The van der Waals surface area contributed by atoms with E-state index in [4.69, 9.17) is 75.5 Å². The van der Waals surface area contributed by atoms with E-state index in [2.05, 4.69) is 127 Å². The van der Waals surface area contributed by atoms with Gasteiger partial charge in [0.2, 0.25) is 46.1 Å². The molecule has 8 aromatic rings. The predicted molar refractivity (Wildman–Crippen MR) is 504 cm³/mol. The third kappa shape index (κ3) is 25.9. The summed E-state index contributed by atoms with van der Waals surface area (Å²) < 4.78 is 100. The zero-order valence-corrected chi connectivity index (χ0v) is 79.3. The van der Waals surface area contributed by atoms with Crippen molar-refractivity contribution in [2.45, 2.75) is 136 Å². The number of amides is 2. The third-order valence-electron chi connectivity index (χ3n) is 24.1. The van der Waals surface area contributed by atoms with Crippen molar-refractivity contribution in [3.8, 4) is 93.3 Å². The number of carbonyl (C=O) groups is 2. The Labute approximate surface area is 770 Å². The number of nitrogens with zero attached hydrogens (tertiary/aromatic N) is 11. The van der Waals surface area contributed by atoms with Crippen LogP contribution >= 0.6 is 0 Å². The molecule has 2 atom stereocenters. The summed E-state index contributed by atoms with van der Waals surface area (Å²) in [7, 11) is -2.66. The molecule has 17 rings (SSSR count). The monoisotopic (exact) mass is 1850 g/mol. The standard InChI is InChI=1S/C25H28N4O5.C21H27N3O3Si.C15H13N3O3.C14H23NO2Si.C11H19NO5S.C8H9NO2.CH4/c1-31-24-18(14-26)12-19(15-27-24)29-8-11-33-23-3-2-20(13-22(23)29)34-21-4-7-28(16-21)25(30)17-5-9-32-10-6-17;1-21(2,3)28(5,6)27-17-7-8-19-18(12-17)24(9-10-26-19)16-11-15(13-22)20(25-4)23-14-16;1-20-15-10(8-16)6-11(9-17-15)18-4-5-21-14-3-2-12(19)7-13(14)18;1-14(2,3)18(4,5)17-11-6-7-13-12(10-11)15-8-9-16-13;1-18(14,15)17-10-2-5-12(8-10)11(13)9-3-6-16-7-4-9;10-6-1-2-8-7(5-6)9-3-4-11-8;/h2-3,12-13,15,17,21H,4-11,16H2,1H3;7-8,11-12,14H,9-10H2,1-6H3;2-3,6-7,9,19H,4-5H2,1H3;6-7,10,15H,8-9H2,1-5H3;9-10H,2-8H2,1H3;1-2,5,9-10H,3-4H2;1H4/t21-;;;;;;/m0....../s1. The Kier molecular flexibility index (Phi) is 33.7. The van der Waals surface area contributed by atoms with Crippen molar-refractivity contribution in [2.75, 3.05) is 171 Å². The lowest BCUT2D eigenvalue weighted by molar-refractivity contribution is -0.138. The molecule has 5 aromatic carbocycles. The molecule has 1 unspecified atom stereocenters. The molecule has 0 saturated carbocycles. The molecule has 0 spiro atoms. The number of pyridine rings is 3. The number of carbonyl (C=O) groups excluding carboxylic acids is 2. The van der Waals surface area contributed by atoms with Crippen molar-refractivity contribution < 1.29 is 93.4 Å². The number of phenolic OH excluding ortho intramolecular Hbond substituents is 2. The molecule has 0 bridgehead atoms. The van der Waals surface area contributed by atoms with Crippen LogP contribution < -0.4 is 76.8 Å². The Morgan fingerprint density at radius 2 is 0.809 bits per heavy atom. The highest BCUT2D eigenvalue weighted by molar-refractivity contribution is 7.86. The van der Waals surface area contributed by atoms with E-state index in [0.29, 0.717) is 139 Å². The van der Waals surface area contributed by atoms with E-state index in [9.17, 15) is 33.6 Å². The van der Waals surface area contributed by atoms with Crippen molar-refractivity contribution in [1.29, 1.82) is 15.8 Å². The Bertz CT molecular complexity index is 5520. The van der Waals surface area contributed by atoms with Gasteiger partial charge in [0.15, 0.2) is 0 Å². The molecule has 2 amide bonds. The normalized spacial score (nSPS) is 17.3. The fourth-order valence-electron chi connectivity index (χ4n) is 15.1. The number of aromatic nitrogens is 3. The van der Waals surface area contributed by atoms with Gasteiger partial charge in [0.25, 0.3) is 10.1 Å². The number of hydrogen-bond donors (Lipinski definition) is 4. The van der Waals surface area contributed by atoms with Crippen LogP contribution in [0.2, 0.25) is 36.3 Å². The lowest BCUT2D eigenvalue weighted by Gasteiger charge is -2.37. The maximum absolute atomic E-state index is 12.8. The van der Waals surface area contributed by atoms with Crippen molar-refractivity contribution in [3.05, 3.63) is 144 Å². The molecule has 36 heteroatoms. The second-order valence-electron chi connectivity index (χ2n) is 35.2. The van der Waals surface area contributed by atoms with Gasteiger partial charge in [0.1, 0.15) is 132 Å². The van der Waals surface area contributed by atoms with E-state index in [1.807, 2.05) is 58.3 Å². The predicted octanol–water partition coefficient (Wildman–Crippen LogP) is 15.7. The van der Waals surface area contributed by atoms with Gasteiger partial charge in [-0.05, 0) is 147 Å². The molecule has 4 fully saturated rings. The van der Waals surface area contributed by atoms with Crippen molar-refractivity contribution in [3.63, 3.8) is 0 Å². The van der Waals surface area contributed by atoms with Crippen LogP contribution in [0, 0.1) is 45.8 Å². The fraction of sp³-hybridized carbons (Fsp3) is 0.474. The Hall–Kier alpha value is -12.4. The maximum Gasteiger partial charge on any atom is 0.264 e. The van der Waals surface area contributed by atoms with E-state index in [1.165, 1.54) is 21.3 Å². The molecule has 131 heavy (non-hydrogen) atoms. The summed E-state index contributed by atoms with van der Waals surface area (Å²) in [6.07, 6.45) is 10.2. The average molecular weight is 1860 g/mol. The zero-order chi connectivity index (χ0) is 93.1. The number of nitriles is 3. The summed E-state index contributed by atoms with van der Waals surface area (Å²) in [4.78, 5) is 47.5. The molecule has 0 radical (unpaired) electrons. The maximum atomic E-state index is 12.8. The van der Waals surface area contributed by atoms with Crippen molar-refractivity contribution in [1.82, 2.24) is 24.8 Å². The van der Waals surface area contributed by atoms with Gasteiger partial charge in [0.05, 0.1) is 124 Å². The topological polar surface area (TPSA) is 388 Å². The van der Waals surface area contributed by atoms with Crippen LogP contribution in [0.1, 0.15) is 104 Å². The van der Waals surface area contributed by atoms with Crippen LogP contribution in [0.5, 0.6) is 75.1 Å². The molecular weight excluding hydrogens is 1730 g/mol. The summed E-state index contributed by atoms with van der Waals surface area (Å²) in [5.41, 5.74) is 7.93. The number of methoxy groups -OCH3 is 3. The number of benzene rings is 5. The van der Waals surface area contributed by atoms with Crippen LogP contribution in [0.25, 0.3) is 0 Å². The first kappa shape index (κ1) is 99.2. The molecule has 33 nitrogen and oxygen atoms in total. The number of nitrogens with one attached hydrogen (secondary N) is 2. The highest BCUT2D eigenvalue weighted by Gasteiger charge is 2.42. The number of likely N-dealkylation sites (tertiary alicyclic amines) is 2. The number of phenols is 2. The molecule has 702 valence electrons. The van der Waals surface area contributed by atoms with Gasteiger partial charge in [-0.3, -0.25) is 13.8 Å². The van der Waals surface area contributed by atoms with E-state index in [1.54, 1.807) is 78.1 Å². The van der Waals surface area contributed by atoms with E-state index in [0.717, 1.165) is 150 Å². The highest BCUT2D eigenvalue weighted by Crippen LogP contribution is 2.47. The molecule has 9 aliphatic rings. The second kappa shape index (κ2) is 44.5. The second-order valence-corrected chi connectivity index (χ2v) is 46.2. The number of aromatic hydroxyl groups is 2. The summed E-state index contributed by atoms with van der Waals surface area (Å²) in [6, 6.07) is 39.3. The summed E-state index contributed by atoms with van der Waals surface area (Å²) >= 11 is 0. The number of anilines is 8. The van der Waals surface area contributed by atoms with Gasteiger partial charge >= 0.3 is 0 Å². The van der Waals surface area contributed by atoms with Crippen LogP contribution in [0.15, 0.2) is 128 Å². The first-order valence-electron chi connectivity index (χ1n) is 43.7. The average Bonchev–Trinajstić information content (AvgIpc) is 0.949. The van der Waals surface area contributed by atoms with Crippen LogP contribution in [0.4, 0.5) is 45.5 Å². The van der Waals surface area contributed by atoms with Gasteiger partial charge in [-0.25, -0.2) is 15.0 Å². The minimum absolute atomic E-state index is 0. The van der Waals surface area contributed by atoms with Crippen LogP contribution in [-0.2, 0) is 33.4 Å². The van der Waals surface area contributed by atoms with E-state index < -0.39 is 26.8 Å². The van der Waals surface area contributed by atoms with E-state index in [-0.39, 0.29) is 64.9 Å². The SMILES string of the molecule is C.CC(C)(C)[Si](C)(C)Oc1ccc2c(c1)NCCO2.COc1ncc(N2CCOc3ccc(O)cc32)cc1C#N.COc1ncc(N2CCOc3ccc(O[C@H]4CCN(C(=O)C5CCOCC5)C4)cc32)cc1C#N.COc1ncc(N2CCOc3ccc(O[Si](C)(C)C(C)(C)C)cc32)cc1C#N.CS(=O)(=O)OC1CCN(C(=O)C2CCOCC2)C1.Oc1ccc2c(c1)NCCO2. The molecule has 4 N–H and O–H groups in total. The number of rotatable bonds is 16. The molecule has 9 aliphatic heterocycles. The summed E-state index contributed by atoms with van der Waals surface area (Å²) in [6.45, 7) is 33.8. The molecule has 4 saturated heterocycles. The Balaban J connectivity index is 0.000000156. The lowest BCUT2D eigenvalue weighted by atomic mass is 9.99. The smallest absolute Gasteiger partial charge is 0.264 e. The lowest BCUT2D eigenvalue weighted by Crippen LogP contribution is -2.43. The minimum Gasteiger partial charge on any atom is -0.543 e. The van der Waals surface area contributed by atoms with Gasteiger partial charge in [-0.15, -0.1) is 0 Å². The molecule has 12 heterocycles. The molecule has 0 aliphatic carbocycles. The molecule has 3 aromatic heterocycles. The van der Waals surface area contributed by atoms with Crippen LogP contribution in [-0.4, -0.2) is 230 Å². The number of hydrogen-bond acceptors (Lipinski definition) is 31. The van der Waals surface area contributed by atoms with Gasteiger partial charge in [-0.2, -0.15) is 24.2 Å². The third-order valence-corrected chi connectivity index (χ3v) is 33.4. The highest BCUT2D eigenvalue weighted by atomic mass is 32.2. The first-order valence-corrected chi connectivity index (χ1v) is 51.3. The fourth-order valence-corrected chi connectivity index (χ4v) is 17.8. The largest absolute Gasteiger partial charge is 0.543 e. The quantitative estimate of drug-likeness (QED) is 0.0515. The van der Waals surface area contributed by atoms with Crippen molar-refractivity contribution in [2.24, 2.45) is 11.8 Å².